The maximum atomic E-state index is 13.1. The van der Waals surface area contributed by atoms with Gasteiger partial charge in [-0.2, -0.15) is 0 Å². The third-order valence-electron chi connectivity index (χ3n) is 6.39. The number of carboxylic acid groups (broad SMARTS) is 1. The number of aliphatic carboxylic acids is 1. The molecule has 0 unspecified atom stereocenters. The molecule has 1 heterocycles. The molecule has 0 spiro atoms. The first kappa shape index (κ1) is 19.8. The predicted octanol–water partition coefficient (Wildman–Crippen LogP) is 3.67. The zero-order valence-corrected chi connectivity index (χ0v) is 17.7. The number of amides is 1. The number of carbonyl (C=O) groups is 2. The lowest BCUT2D eigenvalue weighted by molar-refractivity contribution is -0.314. The Labute approximate surface area is 174 Å². The quantitative estimate of drug-likeness (QED) is 0.764. The third-order valence-corrected chi connectivity index (χ3v) is 7.14. The zero-order chi connectivity index (χ0) is 20.7. The topological polar surface area (TPSA) is 82.1 Å². The lowest BCUT2D eigenvalue weighted by Crippen LogP contribution is -2.43. The van der Waals surface area contributed by atoms with Crippen molar-refractivity contribution in [1.82, 2.24) is 4.98 Å². The molecule has 29 heavy (non-hydrogen) atoms. The Bertz CT molecular complexity index is 972. The van der Waals surface area contributed by atoms with E-state index in [0.717, 1.165) is 41.7 Å². The van der Waals surface area contributed by atoms with Crippen LogP contribution in [0.1, 0.15) is 39.2 Å². The molecule has 0 saturated heterocycles. The summed E-state index contributed by atoms with van der Waals surface area (Å²) in [6, 6.07) is 8.21. The van der Waals surface area contributed by atoms with Gasteiger partial charge >= 0.3 is 0 Å². The summed E-state index contributed by atoms with van der Waals surface area (Å²) < 4.78 is 0. The van der Waals surface area contributed by atoms with E-state index in [1.807, 2.05) is 31.4 Å². The second kappa shape index (κ2) is 7.75. The average molecular weight is 410 g/mol. The highest BCUT2D eigenvalue weighted by molar-refractivity contribution is 7.14. The summed E-state index contributed by atoms with van der Waals surface area (Å²) in [5.41, 5.74) is 5.35. The molecule has 1 amide bonds. The van der Waals surface area contributed by atoms with Crippen molar-refractivity contribution >= 4 is 28.3 Å². The average Bonchev–Trinajstić information content (AvgIpc) is 3.41. The Morgan fingerprint density at radius 3 is 2.38 bits per heavy atom. The number of hydrogen-bond donors (Lipinski definition) is 1. The number of aromatic nitrogens is 1. The van der Waals surface area contributed by atoms with E-state index < -0.39 is 17.8 Å². The summed E-state index contributed by atoms with van der Waals surface area (Å²) >= 11 is 1.36. The van der Waals surface area contributed by atoms with E-state index in [4.69, 9.17) is 0 Å². The zero-order valence-electron chi connectivity index (χ0n) is 16.9. The van der Waals surface area contributed by atoms with Gasteiger partial charge in [0.05, 0.1) is 11.6 Å². The lowest BCUT2D eigenvalue weighted by atomic mass is 9.79. The van der Waals surface area contributed by atoms with Gasteiger partial charge in [0, 0.05) is 22.8 Å². The minimum Gasteiger partial charge on any atom is -0.550 e. The van der Waals surface area contributed by atoms with Gasteiger partial charge < -0.3 is 15.2 Å². The summed E-state index contributed by atoms with van der Waals surface area (Å²) in [6.45, 7) is 6.12. The van der Waals surface area contributed by atoms with Crippen LogP contribution in [0.2, 0.25) is 0 Å². The van der Waals surface area contributed by atoms with Crippen LogP contribution < -0.4 is 10.4 Å². The molecule has 2 saturated carbocycles. The summed E-state index contributed by atoms with van der Waals surface area (Å²) in [5, 5.41) is 17.1. The normalized spacial score (nSPS) is 25.3. The Balaban J connectivity index is 1.54. The van der Waals surface area contributed by atoms with E-state index in [-0.39, 0.29) is 17.7 Å². The van der Waals surface area contributed by atoms with Gasteiger partial charge in [-0.1, -0.05) is 42.3 Å². The maximum absolute atomic E-state index is 13.1. The van der Waals surface area contributed by atoms with Crippen molar-refractivity contribution in [3.05, 3.63) is 46.4 Å². The molecule has 1 aromatic heterocycles. The van der Waals surface area contributed by atoms with Crippen molar-refractivity contribution in [3.63, 3.8) is 0 Å². The van der Waals surface area contributed by atoms with Crippen LogP contribution >= 0.6 is 11.3 Å². The fraction of sp³-hybridized carbons (Fsp3) is 0.435. The maximum Gasteiger partial charge on any atom is 0.230 e. The minimum atomic E-state index is -1.12. The first-order valence-electron chi connectivity index (χ1n) is 10.1. The number of carboxylic acids is 1. The molecule has 4 rings (SSSR count). The number of anilines is 1. The van der Waals surface area contributed by atoms with Crippen molar-refractivity contribution < 1.29 is 14.7 Å². The second-order valence-corrected chi connectivity index (χ2v) is 9.05. The highest BCUT2D eigenvalue weighted by Gasteiger charge is 2.54. The van der Waals surface area contributed by atoms with Gasteiger partial charge in [-0.3, -0.25) is 4.79 Å². The van der Waals surface area contributed by atoms with E-state index in [0.29, 0.717) is 5.13 Å². The molecule has 2 fully saturated rings. The van der Waals surface area contributed by atoms with Crippen LogP contribution in [0.15, 0.2) is 40.8 Å². The molecule has 6 heteroatoms. The molecule has 2 aliphatic carbocycles. The second-order valence-electron chi connectivity index (χ2n) is 8.19. The van der Waals surface area contributed by atoms with Crippen molar-refractivity contribution in [2.24, 2.45) is 23.7 Å². The number of thiazole rings is 1. The number of carbonyl (C=O) groups excluding carboxylic acids is 2. The van der Waals surface area contributed by atoms with E-state index in [1.54, 1.807) is 0 Å². The van der Waals surface area contributed by atoms with Gasteiger partial charge in [-0.25, -0.2) is 4.98 Å². The molecule has 5 nitrogen and oxygen atoms in total. The van der Waals surface area contributed by atoms with E-state index in [2.05, 4.69) is 29.4 Å². The molecule has 2 aliphatic rings. The third kappa shape index (κ3) is 3.50. The first-order chi connectivity index (χ1) is 13.9. The number of nitrogens with one attached hydrogen (secondary N) is 1. The number of allylic oxidation sites excluding steroid dienone is 2. The molecular weight excluding hydrogens is 384 g/mol. The number of aryl methyl sites for hydroxylation is 1. The molecule has 4 atom stereocenters. The fourth-order valence-corrected chi connectivity index (χ4v) is 5.88. The van der Waals surface area contributed by atoms with Crippen molar-refractivity contribution in [2.75, 3.05) is 5.32 Å². The first-order valence-corrected chi connectivity index (χ1v) is 11.0. The van der Waals surface area contributed by atoms with Crippen LogP contribution in [-0.2, 0) is 16.0 Å². The molecule has 1 aromatic carbocycles. The van der Waals surface area contributed by atoms with Crippen LogP contribution in [0.25, 0.3) is 11.3 Å². The van der Waals surface area contributed by atoms with Crippen molar-refractivity contribution in [1.29, 1.82) is 0 Å². The van der Waals surface area contributed by atoms with Crippen LogP contribution in [0.4, 0.5) is 5.13 Å². The van der Waals surface area contributed by atoms with Crippen LogP contribution in [-0.4, -0.2) is 16.9 Å². The van der Waals surface area contributed by atoms with Crippen molar-refractivity contribution in [2.45, 2.75) is 40.0 Å². The highest BCUT2D eigenvalue weighted by Crippen LogP contribution is 2.57. The van der Waals surface area contributed by atoms with Gasteiger partial charge in [-0.15, -0.1) is 11.3 Å². The molecule has 1 N–H and O–H groups in total. The van der Waals surface area contributed by atoms with Crippen LogP contribution in [0, 0.1) is 23.7 Å². The number of nitrogens with zero attached hydrogens (tertiary/aromatic N) is 1. The lowest BCUT2D eigenvalue weighted by Gasteiger charge is -2.29. The van der Waals surface area contributed by atoms with E-state index >= 15 is 0 Å². The van der Waals surface area contributed by atoms with Crippen LogP contribution in [0.3, 0.4) is 0 Å². The number of benzene rings is 1. The molecule has 2 aromatic rings. The summed E-state index contributed by atoms with van der Waals surface area (Å²) in [5.74, 6) is -2.79. The van der Waals surface area contributed by atoms with Gasteiger partial charge in [-0.05, 0) is 50.5 Å². The Kier molecular flexibility index (Phi) is 5.30. The minimum absolute atomic E-state index is 0.00563. The Morgan fingerprint density at radius 1 is 1.14 bits per heavy atom. The molecular formula is C23H25N2O3S-. The largest absolute Gasteiger partial charge is 0.550 e. The van der Waals surface area contributed by atoms with E-state index in [1.165, 1.54) is 16.9 Å². The molecule has 0 radical (unpaired) electrons. The fourth-order valence-electron chi connectivity index (χ4n) is 5.15. The van der Waals surface area contributed by atoms with Crippen LogP contribution in [0.5, 0.6) is 0 Å². The summed E-state index contributed by atoms with van der Waals surface area (Å²) in [7, 11) is 0. The Hall–Kier alpha value is -2.47. The number of fused-ring (bicyclic) bond motifs is 2. The number of rotatable bonds is 5. The summed E-state index contributed by atoms with van der Waals surface area (Å²) in [6.07, 6.45) is 2.66. The summed E-state index contributed by atoms with van der Waals surface area (Å²) in [4.78, 5) is 29.4. The monoisotopic (exact) mass is 409 g/mol. The Morgan fingerprint density at radius 2 is 1.79 bits per heavy atom. The van der Waals surface area contributed by atoms with Gasteiger partial charge in [0.15, 0.2) is 5.13 Å². The smallest absolute Gasteiger partial charge is 0.230 e. The van der Waals surface area contributed by atoms with E-state index in [9.17, 15) is 14.7 Å². The van der Waals surface area contributed by atoms with Crippen molar-refractivity contribution in [3.8, 4) is 11.3 Å². The van der Waals surface area contributed by atoms with Gasteiger partial charge in [0.2, 0.25) is 5.91 Å². The standard InChI is InChI=1S/C23H26N2O3S/c1-4-13-5-7-14(8-6-13)17-11-29-23(24-17)25-21(26)19-15-9-10-16(18(15)12(2)3)20(19)22(27)28/h5-8,11,15-16,19-20H,4,9-10H2,1-3H3,(H,27,28)(H,24,25,26)/p-1/t15-,16-,19-,20+/m1/s1. The van der Waals surface area contributed by atoms with Gasteiger partial charge in [0.1, 0.15) is 0 Å². The van der Waals surface area contributed by atoms with Gasteiger partial charge in [0.25, 0.3) is 0 Å². The molecule has 0 aliphatic heterocycles. The molecule has 2 bridgehead atoms. The molecule has 152 valence electrons. The highest BCUT2D eigenvalue weighted by atomic mass is 32.1. The SMILES string of the molecule is CCc1ccc(-c2csc(NC(=O)[C@H]3[C@@H](C(=O)[O-])[C@@H]4CC[C@@H]3C4=C(C)C)n2)cc1. The predicted molar refractivity (Wildman–Crippen MR) is 112 cm³/mol. The number of hydrogen-bond acceptors (Lipinski definition) is 5.